The molecule has 5 atom stereocenters. The molecule has 3 aliphatic rings. The van der Waals surface area contributed by atoms with E-state index in [1.807, 2.05) is 0 Å². The molecule has 3 fully saturated rings. The molecule has 0 aromatic heterocycles. The number of rotatable bonds is 4. The summed E-state index contributed by atoms with van der Waals surface area (Å²) in [5.74, 6) is 5.27. The molecule has 3 saturated carbocycles. The minimum absolute atomic E-state index is 0.857. The van der Waals surface area contributed by atoms with Crippen LogP contribution in [0.5, 0.6) is 0 Å². The molecule has 0 aromatic rings. The molecule has 0 radical (unpaired) electrons. The van der Waals surface area contributed by atoms with E-state index < -0.39 is 0 Å². The van der Waals surface area contributed by atoms with Crippen LogP contribution in [0, 0.1) is 29.6 Å². The fraction of sp³-hybridized carbons (Fsp3) is 1.00. The molecule has 0 heterocycles. The third-order valence-electron chi connectivity index (χ3n) is 5.71. The van der Waals surface area contributed by atoms with Crippen LogP contribution in [0.3, 0.4) is 0 Å². The lowest BCUT2D eigenvalue weighted by atomic mass is 9.74. The Hall–Kier alpha value is -0.0400. The lowest BCUT2D eigenvalue weighted by Crippen LogP contribution is -2.43. The molecule has 5 unspecified atom stereocenters. The van der Waals surface area contributed by atoms with Crippen LogP contribution in [0.1, 0.15) is 58.8 Å². The molecule has 0 bridgehead atoms. The normalized spacial score (nSPS) is 46.6. The molecule has 1 heteroatoms. The zero-order valence-electron chi connectivity index (χ0n) is 11.6. The van der Waals surface area contributed by atoms with Crippen molar-refractivity contribution in [2.45, 2.75) is 64.8 Å². The van der Waals surface area contributed by atoms with Gasteiger partial charge in [0.05, 0.1) is 0 Å². The van der Waals surface area contributed by atoms with Gasteiger partial charge in [-0.05, 0) is 68.2 Å². The Bertz CT molecular complexity index is 252. The van der Waals surface area contributed by atoms with Crippen molar-refractivity contribution < 1.29 is 0 Å². The maximum Gasteiger partial charge on any atom is 0.0124 e. The third-order valence-corrected chi connectivity index (χ3v) is 5.71. The van der Waals surface area contributed by atoms with Gasteiger partial charge in [0.1, 0.15) is 0 Å². The summed E-state index contributed by atoms with van der Waals surface area (Å²) in [4.78, 5) is 0. The lowest BCUT2D eigenvalue weighted by molar-refractivity contribution is 0.173. The van der Waals surface area contributed by atoms with Crippen LogP contribution in [-0.4, -0.2) is 12.6 Å². The van der Waals surface area contributed by atoms with Gasteiger partial charge < -0.3 is 5.32 Å². The van der Waals surface area contributed by atoms with Gasteiger partial charge in [-0.3, -0.25) is 0 Å². The molecule has 1 nitrogen and oxygen atoms in total. The van der Waals surface area contributed by atoms with Gasteiger partial charge in [0.25, 0.3) is 0 Å². The maximum absolute atomic E-state index is 3.86. The van der Waals surface area contributed by atoms with E-state index in [9.17, 15) is 0 Å². The van der Waals surface area contributed by atoms with Crippen molar-refractivity contribution in [1.82, 2.24) is 5.32 Å². The van der Waals surface area contributed by atoms with Crippen LogP contribution in [0.25, 0.3) is 0 Å². The molecule has 0 spiro atoms. The highest BCUT2D eigenvalue weighted by Crippen LogP contribution is 2.56. The van der Waals surface area contributed by atoms with Crippen LogP contribution in [0.2, 0.25) is 0 Å². The van der Waals surface area contributed by atoms with Crippen LogP contribution in [0.4, 0.5) is 0 Å². The van der Waals surface area contributed by atoms with Crippen LogP contribution in [-0.2, 0) is 0 Å². The monoisotopic (exact) mass is 235 g/mol. The summed E-state index contributed by atoms with van der Waals surface area (Å²) < 4.78 is 0. The van der Waals surface area contributed by atoms with Gasteiger partial charge in [0.15, 0.2) is 0 Å². The maximum atomic E-state index is 3.86. The second-order valence-corrected chi connectivity index (χ2v) is 7.10. The Balaban J connectivity index is 1.61. The Kier molecular flexibility index (Phi) is 3.47. The van der Waals surface area contributed by atoms with E-state index in [-0.39, 0.29) is 0 Å². The van der Waals surface area contributed by atoms with E-state index in [2.05, 4.69) is 19.2 Å². The summed E-state index contributed by atoms with van der Waals surface area (Å²) in [6.45, 7) is 5.91. The summed E-state index contributed by atoms with van der Waals surface area (Å²) in [7, 11) is 0. The van der Waals surface area contributed by atoms with Gasteiger partial charge in [-0.1, -0.05) is 26.7 Å². The van der Waals surface area contributed by atoms with E-state index in [4.69, 9.17) is 0 Å². The first-order valence-electron chi connectivity index (χ1n) is 8.01. The Morgan fingerprint density at radius 2 is 1.76 bits per heavy atom. The molecule has 3 rings (SSSR count). The van der Waals surface area contributed by atoms with Crippen molar-refractivity contribution >= 4 is 0 Å². The quantitative estimate of drug-likeness (QED) is 0.781. The molecular formula is C16H29N. The predicted molar refractivity (Wildman–Crippen MR) is 72.9 cm³/mol. The fourth-order valence-corrected chi connectivity index (χ4v) is 4.82. The highest BCUT2D eigenvalue weighted by molar-refractivity contribution is 5.01. The van der Waals surface area contributed by atoms with Gasteiger partial charge >= 0.3 is 0 Å². The summed E-state index contributed by atoms with van der Waals surface area (Å²) in [5.41, 5.74) is 0. The SMILES string of the molecule is CCNC(C1CCCC(C)C1)C1CC2CC2C1. The number of hydrogen-bond donors (Lipinski definition) is 1. The van der Waals surface area contributed by atoms with Crippen molar-refractivity contribution in [3.63, 3.8) is 0 Å². The van der Waals surface area contributed by atoms with E-state index in [1.54, 1.807) is 19.3 Å². The third kappa shape index (κ3) is 2.54. The topological polar surface area (TPSA) is 12.0 Å². The van der Waals surface area contributed by atoms with Crippen LogP contribution < -0.4 is 5.32 Å². The summed E-state index contributed by atoms with van der Waals surface area (Å²) >= 11 is 0. The lowest BCUT2D eigenvalue weighted by Gasteiger charge is -2.37. The first-order chi connectivity index (χ1) is 8.28. The second kappa shape index (κ2) is 4.91. The molecule has 98 valence electrons. The molecule has 17 heavy (non-hydrogen) atoms. The van der Waals surface area contributed by atoms with Crippen molar-refractivity contribution in [3.05, 3.63) is 0 Å². The largest absolute Gasteiger partial charge is 0.314 e. The van der Waals surface area contributed by atoms with Crippen molar-refractivity contribution in [2.24, 2.45) is 29.6 Å². The Morgan fingerprint density at radius 3 is 2.41 bits per heavy atom. The predicted octanol–water partition coefficient (Wildman–Crippen LogP) is 3.84. The molecule has 0 aliphatic heterocycles. The first kappa shape index (κ1) is 12.0. The second-order valence-electron chi connectivity index (χ2n) is 7.10. The summed E-state index contributed by atoms with van der Waals surface area (Å²) in [6.07, 6.45) is 10.6. The molecule has 0 aromatic carbocycles. The molecule has 0 saturated heterocycles. The van der Waals surface area contributed by atoms with Crippen LogP contribution >= 0.6 is 0 Å². The minimum atomic E-state index is 0.857. The minimum Gasteiger partial charge on any atom is -0.314 e. The van der Waals surface area contributed by atoms with Gasteiger partial charge in [0.2, 0.25) is 0 Å². The standard InChI is InChI=1S/C16H29N/c1-3-17-16(12-6-4-5-11(2)7-12)15-9-13-8-14(13)10-15/h11-17H,3-10H2,1-2H3. The highest BCUT2D eigenvalue weighted by atomic mass is 14.9. The number of fused-ring (bicyclic) bond motifs is 1. The molecule has 0 amide bonds. The van der Waals surface area contributed by atoms with E-state index in [1.165, 1.54) is 32.2 Å². The van der Waals surface area contributed by atoms with Gasteiger partial charge in [-0.25, -0.2) is 0 Å². The van der Waals surface area contributed by atoms with Crippen molar-refractivity contribution in [2.75, 3.05) is 6.54 Å². The highest BCUT2D eigenvalue weighted by Gasteiger charge is 2.49. The van der Waals surface area contributed by atoms with Gasteiger partial charge in [-0.15, -0.1) is 0 Å². The average molecular weight is 235 g/mol. The molecule has 1 N–H and O–H groups in total. The summed E-state index contributed by atoms with van der Waals surface area (Å²) in [5, 5.41) is 3.86. The summed E-state index contributed by atoms with van der Waals surface area (Å²) in [6, 6.07) is 0.857. The average Bonchev–Trinajstić information content (AvgIpc) is 2.93. The van der Waals surface area contributed by atoms with E-state index >= 15 is 0 Å². The molecular weight excluding hydrogens is 206 g/mol. The van der Waals surface area contributed by atoms with E-state index in [0.717, 1.165) is 35.6 Å². The Labute approximate surface area is 107 Å². The van der Waals surface area contributed by atoms with Crippen molar-refractivity contribution in [3.8, 4) is 0 Å². The Morgan fingerprint density at radius 1 is 1.00 bits per heavy atom. The number of hydrogen-bond acceptors (Lipinski definition) is 1. The van der Waals surface area contributed by atoms with Gasteiger partial charge in [0, 0.05) is 6.04 Å². The fourth-order valence-electron chi connectivity index (χ4n) is 4.82. The van der Waals surface area contributed by atoms with Crippen molar-refractivity contribution in [1.29, 1.82) is 0 Å². The first-order valence-corrected chi connectivity index (χ1v) is 8.01. The number of nitrogens with one attached hydrogen (secondary N) is 1. The zero-order chi connectivity index (χ0) is 11.8. The molecule has 3 aliphatic carbocycles. The van der Waals surface area contributed by atoms with Crippen LogP contribution in [0.15, 0.2) is 0 Å². The smallest absolute Gasteiger partial charge is 0.0124 e. The van der Waals surface area contributed by atoms with E-state index in [0.29, 0.717) is 0 Å². The van der Waals surface area contributed by atoms with Gasteiger partial charge in [-0.2, -0.15) is 0 Å². The zero-order valence-corrected chi connectivity index (χ0v) is 11.6.